The second-order valence-electron chi connectivity index (χ2n) is 10.9. The molecule has 0 amide bonds. The summed E-state index contributed by atoms with van der Waals surface area (Å²) in [4.78, 5) is 17.5. The standard InChI is InChI=1S/C29H32ClF3N6O2/c1-38-24(22-6-5-19(30)13-23(22)29(31,32)33)17-40-25-15-35-28(37-27(25)38)36-20-8-11-39(12-9-20)21-7-10-34-26(14-21)41-16-18-3-2-4-18/h5-7,10,13-15,18,20,24H,2-4,8-9,11-12,16-17H2,1H3,(H,35,36,37). The molecular formula is C29H32ClF3N6O2. The minimum Gasteiger partial charge on any atom is -0.486 e. The van der Waals surface area contributed by atoms with E-state index >= 15 is 0 Å². The summed E-state index contributed by atoms with van der Waals surface area (Å²) in [5, 5.41) is 3.44. The largest absolute Gasteiger partial charge is 0.486 e. The highest BCUT2D eigenvalue weighted by molar-refractivity contribution is 6.30. The van der Waals surface area contributed by atoms with Gasteiger partial charge >= 0.3 is 6.18 Å². The van der Waals surface area contributed by atoms with Crippen molar-refractivity contribution in [3.05, 3.63) is 58.9 Å². The van der Waals surface area contributed by atoms with Crippen molar-refractivity contribution in [2.75, 3.05) is 48.5 Å². The minimum absolute atomic E-state index is 0.0300. The monoisotopic (exact) mass is 588 g/mol. The number of hydrogen-bond donors (Lipinski definition) is 1. The molecule has 2 aromatic heterocycles. The van der Waals surface area contributed by atoms with E-state index in [1.807, 2.05) is 12.1 Å². The van der Waals surface area contributed by atoms with E-state index in [9.17, 15) is 13.2 Å². The van der Waals surface area contributed by atoms with Crippen molar-refractivity contribution in [3.63, 3.8) is 0 Å². The van der Waals surface area contributed by atoms with Gasteiger partial charge in [0.15, 0.2) is 11.6 Å². The molecule has 1 aromatic carbocycles. The van der Waals surface area contributed by atoms with E-state index in [2.05, 4.69) is 25.2 Å². The maximum absolute atomic E-state index is 13.8. The van der Waals surface area contributed by atoms with Crippen LogP contribution in [-0.2, 0) is 6.18 Å². The average Bonchev–Trinajstić information content (AvgIpc) is 2.93. The molecular weight excluding hydrogens is 557 g/mol. The number of fused-ring (bicyclic) bond motifs is 1. The molecule has 218 valence electrons. The maximum Gasteiger partial charge on any atom is 0.416 e. The number of anilines is 3. The van der Waals surface area contributed by atoms with Gasteiger partial charge in [0, 0.05) is 49.2 Å². The van der Waals surface area contributed by atoms with Crippen LogP contribution in [0.5, 0.6) is 11.6 Å². The van der Waals surface area contributed by atoms with Gasteiger partial charge in [-0.2, -0.15) is 18.2 Å². The summed E-state index contributed by atoms with van der Waals surface area (Å²) < 4.78 is 53.1. The van der Waals surface area contributed by atoms with Crippen LogP contribution in [0.1, 0.15) is 49.3 Å². The zero-order valence-corrected chi connectivity index (χ0v) is 23.5. The second-order valence-corrected chi connectivity index (χ2v) is 11.4. The van der Waals surface area contributed by atoms with Crippen LogP contribution in [0, 0.1) is 5.92 Å². The summed E-state index contributed by atoms with van der Waals surface area (Å²) >= 11 is 5.89. The lowest BCUT2D eigenvalue weighted by Crippen LogP contribution is -2.39. The fourth-order valence-corrected chi connectivity index (χ4v) is 5.75. The molecule has 3 aromatic rings. The van der Waals surface area contributed by atoms with Crippen molar-refractivity contribution in [1.29, 1.82) is 0 Å². The molecule has 1 saturated carbocycles. The van der Waals surface area contributed by atoms with Gasteiger partial charge in [0.2, 0.25) is 11.8 Å². The molecule has 2 fully saturated rings. The molecule has 1 saturated heterocycles. The number of ether oxygens (including phenoxy) is 2. The van der Waals surface area contributed by atoms with Gasteiger partial charge in [-0.05, 0) is 55.4 Å². The normalized spacial score (nSPS) is 19.8. The van der Waals surface area contributed by atoms with E-state index in [0.717, 1.165) is 44.3 Å². The van der Waals surface area contributed by atoms with E-state index in [1.54, 1.807) is 24.3 Å². The third-order valence-electron chi connectivity index (χ3n) is 8.22. The van der Waals surface area contributed by atoms with Crippen molar-refractivity contribution in [2.45, 2.75) is 50.4 Å². The average molecular weight is 589 g/mol. The first kappa shape index (κ1) is 27.7. The van der Waals surface area contributed by atoms with Gasteiger partial charge in [0.05, 0.1) is 24.4 Å². The first-order chi connectivity index (χ1) is 19.7. The van der Waals surface area contributed by atoms with E-state index in [0.29, 0.717) is 29.3 Å². The Labute approximate surface area is 241 Å². The Morgan fingerprint density at radius 1 is 1.10 bits per heavy atom. The number of hydrogen-bond acceptors (Lipinski definition) is 8. The van der Waals surface area contributed by atoms with Crippen LogP contribution in [-0.4, -0.2) is 54.3 Å². The van der Waals surface area contributed by atoms with E-state index < -0.39 is 17.8 Å². The van der Waals surface area contributed by atoms with Gasteiger partial charge in [-0.1, -0.05) is 24.1 Å². The summed E-state index contributed by atoms with van der Waals surface area (Å²) in [5.41, 5.74) is 0.403. The number of nitrogens with zero attached hydrogens (tertiary/aromatic N) is 5. The predicted octanol–water partition coefficient (Wildman–Crippen LogP) is 6.37. The van der Waals surface area contributed by atoms with Gasteiger partial charge in [-0.3, -0.25) is 0 Å². The Kier molecular flexibility index (Phi) is 7.72. The minimum atomic E-state index is -4.55. The topological polar surface area (TPSA) is 75.6 Å². The molecule has 1 atom stereocenters. The number of pyridine rings is 1. The third-order valence-corrected chi connectivity index (χ3v) is 8.45. The molecule has 0 radical (unpaired) electrons. The Hall–Kier alpha value is -3.47. The molecule has 0 bridgehead atoms. The lowest BCUT2D eigenvalue weighted by Gasteiger charge is -2.36. The molecule has 12 heteroatoms. The summed E-state index contributed by atoms with van der Waals surface area (Å²) in [7, 11) is 1.72. The van der Waals surface area contributed by atoms with Crippen molar-refractivity contribution in [1.82, 2.24) is 15.0 Å². The summed E-state index contributed by atoms with van der Waals surface area (Å²) in [6.07, 6.45) is 4.32. The fraction of sp³-hybridized carbons (Fsp3) is 0.483. The number of alkyl halides is 3. The van der Waals surface area contributed by atoms with Crippen LogP contribution >= 0.6 is 11.6 Å². The predicted molar refractivity (Wildman–Crippen MR) is 151 cm³/mol. The Morgan fingerprint density at radius 2 is 1.90 bits per heavy atom. The number of piperidine rings is 1. The van der Waals surface area contributed by atoms with Crippen molar-refractivity contribution in [2.24, 2.45) is 5.92 Å². The first-order valence-corrected chi connectivity index (χ1v) is 14.3. The Balaban J connectivity index is 1.09. The van der Waals surface area contributed by atoms with E-state index in [1.165, 1.54) is 31.4 Å². The van der Waals surface area contributed by atoms with Gasteiger partial charge in [-0.15, -0.1) is 0 Å². The molecule has 0 spiro atoms. The molecule has 2 aliphatic heterocycles. The smallest absolute Gasteiger partial charge is 0.416 e. The zero-order valence-electron chi connectivity index (χ0n) is 22.7. The van der Waals surface area contributed by atoms with E-state index in [4.69, 9.17) is 21.1 Å². The SMILES string of the molecule is CN1c2nc(NC3CCN(c4ccnc(OCC5CCC5)c4)CC3)ncc2OCC1c1ccc(Cl)cc1C(F)(F)F. The number of benzene rings is 1. The highest BCUT2D eigenvalue weighted by Crippen LogP contribution is 2.42. The number of likely N-dealkylation sites (N-methyl/N-ethyl adjacent to an activating group) is 1. The summed E-state index contributed by atoms with van der Waals surface area (Å²) in [6.45, 7) is 2.45. The number of aromatic nitrogens is 3. The zero-order chi connectivity index (χ0) is 28.6. The first-order valence-electron chi connectivity index (χ1n) is 13.9. The molecule has 1 aliphatic carbocycles. The van der Waals surface area contributed by atoms with E-state index in [-0.39, 0.29) is 23.2 Å². The van der Waals surface area contributed by atoms with Gasteiger partial charge in [0.25, 0.3) is 0 Å². The van der Waals surface area contributed by atoms with Crippen LogP contribution in [0.3, 0.4) is 0 Å². The molecule has 1 unspecified atom stereocenters. The van der Waals surface area contributed by atoms with Crippen LogP contribution in [0.4, 0.5) is 30.6 Å². The Morgan fingerprint density at radius 3 is 2.63 bits per heavy atom. The lowest BCUT2D eigenvalue weighted by molar-refractivity contribution is -0.138. The second kappa shape index (κ2) is 11.4. The van der Waals surface area contributed by atoms with Crippen molar-refractivity contribution in [3.8, 4) is 11.6 Å². The summed E-state index contributed by atoms with van der Waals surface area (Å²) in [6, 6.07) is 7.30. The molecule has 4 heterocycles. The quantitative estimate of drug-likeness (QED) is 0.341. The lowest BCUT2D eigenvalue weighted by atomic mass is 9.86. The van der Waals surface area contributed by atoms with Crippen molar-refractivity contribution >= 4 is 29.1 Å². The third kappa shape index (κ3) is 6.10. The number of nitrogens with one attached hydrogen (secondary N) is 1. The fourth-order valence-electron chi connectivity index (χ4n) is 5.58. The van der Waals surface area contributed by atoms with Crippen LogP contribution < -0.4 is 24.6 Å². The highest BCUT2D eigenvalue weighted by atomic mass is 35.5. The number of halogens is 4. The van der Waals surface area contributed by atoms with Gasteiger partial charge < -0.3 is 24.6 Å². The molecule has 1 N–H and O–H groups in total. The molecule has 3 aliphatic rings. The molecule has 41 heavy (non-hydrogen) atoms. The summed E-state index contributed by atoms with van der Waals surface area (Å²) in [5.74, 6) is 2.61. The van der Waals surface area contributed by atoms with Crippen LogP contribution in [0.25, 0.3) is 0 Å². The van der Waals surface area contributed by atoms with Gasteiger partial charge in [-0.25, -0.2) is 9.97 Å². The molecule has 8 nitrogen and oxygen atoms in total. The van der Waals surface area contributed by atoms with Crippen molar-refractivity contribution < 1.29 is 22.6 Å². The molecule has 6 rings (SSSR count). The maximum atomic E-state index is 13.8. The van der Waals surface area contributed by atoms with Crippen LogP contribution in [0.2, 0.25) is 5.02 Å². The van der Waals surface area contributed by atoms with Gasteiger partial charge in [0.1, 0.15) is 6.61 Å². The highest BCUT2D eigenvalue weighted by Gasteiger charge is 2.39. The van der Waals surface area contributed by atoms with Crippen LogP contribution in [0.15, 0.2) is 42.7 Å². The number of rotatable bonds is 7. The Bertz CT molecular complexity index is 1380.